The Morgan fingerprint density at radius 1 is 1.29 bits per heavy atom. The minimum Gasteiger partial charge on any atom is -0.378 e. The minimum atomic E-state index is -0.520. The van der Waals surface area contributed by atoms with Gasteiger partial charge in [0.1, 0.15) is 5.69 Å². The first kappa shape index (κ1) is 17.5. The first-order valence-electron chi connectivity index (χ1n) is 8.11. The number of rotatable bonds is 5. The molecule has 0 aliphatic heterocycles. The molecule has 0 saturated heterocycles. The fraction of sp³-hybridized carbons (Fsp3) is 0.0588. The van der Waals surface area contributed by atoms with Crippen LogP contribution in [0.1, 0.15) is 21.6 Å². The third-order valence-electron chi connectivity index (χ3n) is 3.79. The van der Waals surface area contributed by atoms with Gasteiger partial charge >= 0.3 is 0 Å². The third-order valence-corrected chi connectivity index (χ3v) is 4.67. The highest BCUT2D eigenvalue weighted by Crippen LogP contribution is 2.29. The molecule has 0 atom stereocenters. The van der Waals surface area contributed by atoms with Gasteiger partial charge in [-0.25, -0.2) is 10.1 Å². The Balaban J connectivity index is 1.64. The molecule has 0 radical (unpaired) electrons. The smallest absolute Gasteiger partial charge is 0.294 e. The molecule has 3 heterocycles. The molecule has 10 nitrogen and oxygen atoms in total. The predicted octanol–water partition coefficient (Wildman–Crippen LogP) is 2.03. The molecule has 28 heavy (non-hydrogen) atoms. The van der Waals surface area contributed by atoms with Crippen LogP contribution in [0.4, 0.5) is 5.82 Å². The Kier molecular flexibility index (Phi) is 4.64. The highest BCUT2D eigenvalue weighted by molar-refractivity contribution is 7.13. The van der Waals surface area contributed by atoms with Gasteiger partial charge in [-0.2, -0.15) is 9.78 Å². The number of carbonyl (C=O) groups is 1. The van der Waals surface area contributed by atoms with Gasteiger partial charge in [0, 0.05) is 0 Å². The van der Waals surface area contributed by atoms with Crippen molar-refractivity contribution in [2.45, 2.75) is 6.92 Å². The summed E-state index contributed by atoms with van der Waals surface area (Å²) in [6.45, 7) is 2.00. The fourth-order valence-corrected chi connectivity index (χ4v) is 3.18. The molecule has 1 aromatic carbocycles. The van der Waals surface area contributed by atoms with Crippen molar-refractivity contribution in [2.75, 3.05) is 5.73 Å². The SMILES string of the molecule is Cc1ccc(/C=N\NC(=O)c2nnn(-c3nonc3N)c2-c2cccs2)cc1. The molecule has 3 aromatic heterocycles. The normalized spacial score (nSPS) is 11.2. The highest BCUT2D eigenvalue weighted by atomic mass is 32.1. The number of anilines is 1. The lowest BCUT2D eigenvalue weighted by Crippen LogP contribution is -2.19. The number of hydrogen-bond donors (Lipinski definition) is 2. The minimum absolute atomic E-state index is 0.0343. The maximum atomic E-state index is 12.6. The van der Waals surface area contributed by atoms with Gasteiger partial charge in [0.2, 0.25) is 11.6 Å². The predicted molar refractivity (Wildman–Crippen MR) is 103 cm³/mol. The van der Waals surface area contributed by atoms with Crippen molar-refractivity contribution in [3.05, 3.63) is 58.6 Å². The fourth-order valence-electron chi connectivity index (χ4n) is 2.43. The van der Waals surface area contributed by atoms with Crippen LogP contribution in [0.3, 0.4) is 0 Å². The summed E-state index contributed by atoms with van der Waals surface area (Å²) >= 11 is 1.41. The summed E-state index contributed by atoms with van der Waals surface area (Å²) in [6, 6.07) is 11.4. The number of amides is 1. The van der Waals surface area contributed by atoms with E-state index in [1.165, 1.54) is 16.0 Å². The lowest BCUT2D eigenvalue weighted by molar-refractivity contribution is 0.0951. The molecule has 11 heteroatoms. The van der Waals surface area contributed by atoms with Gasteiger partial charge in [-0.3, -0.25) is 4.79 Å². The molecule has 0 bridgehead atoms. The van der Waals surface area contributed by atoms with Crippen LogP contribution in [0.2, 0.25) is 0 Å². The van der Waals surface area contributed by atoms with Crippen molar-refractivity contribution in [3.8, 4) is 16.4 Å². The lowest BCUT2D eigenvalue weighted by Gasteiger charge is -2.03. The van der Waals surface area contributed by atoms with E-state index in [-0.39, 0.29) is 17.3 Å². The molecule has 4 aromatic rings. The largest absolute Gasteiger partial charge is 0.378 e. The van der Waals surface area contributed by atoms with Gasteiger partial charge in [0.05, 0.1) is 11.1 Å². The first-order valence-corrected chi connectivity index (χ1v) is 8.99. The molecule has 0 aliphatic carbocycles. The molecule has 0 saturated carbocycles. The second kappa shape index (κ2) is 7.40. The number of aromatic nitrogens is 5. The highest BCUT2D eigenvalue weighted by Gasteiger charge is 2.25. The summed E-state index contributed by atoms with van der Waals surface area (Å²) in [7, 11) is 0. The molecular formula is C17H14N8O2S. The van der Waals surface area contributed by atoms with Gasteiger partial charge in [-0.15, -0.1) is 16.4 Å². The van der Waals surface area contributed by atoms with Crippen LogP contribution in [0, 0.1) is 6.92 Å². The second-order valence-electron chi connectivity index (χ2n) is 5.76. The monoisotopic (exact) mass is 394 g/mol. The maximum Gasteiger partial charge on any atom is 0.294 e. The van der Waals surface area contributed by atoms with Crippen LogP contribution in [-0.4, -0.2) is 37.4 Å². The van der Waals surface area contributed by atoms with Crippen molar-refractivity contribution in [1.82, 2.24) is 30.7 Å². The van der Waals surface area contributed by atoms with Crippen LogP contribution >= 0.6 is 11.3 Å². The van der Waals surface area contributed by atoms with E-state index in [0.29, 0.717) is 5.69 Å². The Hall–Kier alpha value is -3.86. The summed E-state index contributed by atoms with van der Waals surface area (Å²) in [5, 5.41) is 21.1. The summed E-state index contributed by atoms with van der Waals surface area (Å²) in [4.78, 5) is 13.4. The third kappa shape index (κ3) is 3.38. The summed E-state index contributed by atoms with van der Waals surface area (Å²) in [6.07, 6.45) is 1.55. The summed E-state index contributed by atoms with van der Waals surface area (Å²) in [5.41, 5.74) is 10.7. The van der Waals surface area contributed by atoms with E-state index in [1.54, 1.807) is 6.21 Å². The summed E-state index contributed by atoms with van der Waals surface area (Å²) < 4.78 is 5.95. The summed E-state index contributed by atoms with van der Waals surface area (Å²) in [5.74, 6) is -0.335. The number of hydrogen-bond acceptors (Lipinski definition) is 9. The first-order chi connectivity index (χ1) is 13.6. The van der Waals surface area contributed by atoms with Crippen LogP contribution in [0.5, 0.6) is 0 Å². The zero-order valence-electron chi connectivity index (χ0n) is 14.6. The zero-order chi connectivity index (χ0) is 19.5. The molecular weight excluding hydrogens is 380 g/mol. The van der Waals surface area contributed by atoms with E-state index in [2.05, 4.69) is 35.8 Å². The number of thiophene rings is 1. The Labute approximate surface area is 162 Å². The number of nitrogens with two attached hydrogens (primary N) is 1. The Morgan fingerprint density at radius 2 is 2.11 bits per heavy atom. The van der Waals surface area contributed by atoms with Crippen molar-refractivity contribution in [1.29, 1.82) is 0 Å². The van der Waals surface area contributed by atoms with Gasteiger partial charge in [0.25, 0.3) is 5.91 Å². The number of nitrogens with one attached hydrogen (secondary N) is 1. The molecule has 0 fully saturated rings. The van der Waals surface area contributed by atoms with E-state index in [0.717, 1.165) is 16.0 Å². The molecule has 0 unspecified atom stereocenters. The standard InChI is InChI=1S/C17H14N8O2S/c1-10-4-6-11(7-5-10)9-19-21-17(26)13-14(12-3-2-8-28-12)25(24-20-13)16-15(18)22-27-23-16/h2-9H,1H3,(H2,18,22)(H,21,26)/b19-9-. The molecule has 3 N–H and O–H groups in total. The number of hydrazone groups is 1. The molecule has 1 amide bonds. The van der Waals surface area contributed by atoms with Gasteiger partial charge in [-0.05, 0) is 34.2 Å². The van der Waals surface area contributed by atoms with Crippen molar-refractivity contribution < 1.29 is 9.42 Å². The van der Waals surface area contributed by atoms with Crippen LogP contribution in [0.25, 0.3) is 16.4 Å². The second-order valence-corrected chi connectivity index (χ2v) is 6.71. The van der Waals surface area contributed by atoms with Crippen LogP contribution in [0.15, 0.2) is 51.5 Å². The van der Waals surface area contributed by atoms with E-state index < -0.39 is 5.91 Å². The van der Waals surface area contributed by atoms with E-state index in [4.69, 9.17) is 5.73 Å². The van der Waals surface area contributed by atoms with Gasteiger partial charge in [0.15, 0.2) is 5.69 Å². The van der Waals surface area contributed by atoms with Gasteiger partial charge in [-0.1, -0.05) is 41.1 Å². The molecule has 0 spiro atoms. The lowest BCUT2D eigenvalue weighted by atomic mass is 10.2. The van der Waals surface area contributed by atoms with Crippen LogP contribution < -0.4 is 11.2 Å². The average Bonchev–Trinajstić information content (AvgIpc) is 3.42. The molecule has 4 rings (SSSR count). The topological polar surface area (TPSA) is 137 Å². The number of nitrogens with zero attached hydrogens (tertiary/aromatic N) is 6. The number of aryl methyl sites for hydroxylation is 1. The maximum absolute atomic E-state index is 12.6. The van der Waals surface area contributed by atoms with Crippen molar-refractivity contribution in [2.24, 2.45) is 5.10 Å². The van der Waals surface area contributed by atoms with Gasteiger partial charge < -0.3 is 5.73 Å². The Morgan fingerprint density at radius 3 is 2.79 bits per heavy atom. The van der Waals surface area contributed by atoms with Crippen molar-refractivity contribution in [3.63, 3.8) is 0 Å². The number of benzene rings is 1. The molecule has 0 aliphatic rings. The van der Waals surface area contributed by atoms with E-state index >= 15 is 0 Å². The molecule has 140 valence electrons. The number of nitrogen functional groups attached to an aromatic ring is 1. The quantitative estimate of drug-likeness (QED) is 0.390. The van der Waals surface area contributed by atoms with Crippen LogP contribution in [-0.2, 0) is 0 Å². The zero-order valence-corrected chi connectivity index (χ0v) is 15.4. The Bertz CT molecular complexity index is 1130. The van der Waals surface area contributed by atoms with Crippen molar-refractivity contribution >= 4 is 29.3 Å². The average molecular weight is 394 g/mol. The number of carbonyl (C=O) groups excluding carboxylic acids is 1. The van der Waals surface area contributed by atoms with E-state index in [1.807, 2.05) is 48.7 Å². The van der Waals surface area contributed by atoms with E-state index in [9.17, 15) is 4.79 Å².